The number of anilines is 2. The molecule has 4 aromatic rings. The zero-order chi connectivity index (χ0) is 30.7. The molecule has 0 bridgehead atoms. The zero-order valence-electron chi connectivity index (χ0n) is 24.0. The van der Waals surface area contributed by atoms with E-state index in [1.165, 1.54) is 55.6 Å². The van der Waals surface area contributed by atoms with E-state index in [0.717, 1.165) is 11.1 Å². The predicted molar refractivity (Wildman–Crippen MR) is 164 cm³/mol. The van der Waals surface area contributed by atoms with Crippen LogP contribution in [-0.2, 0) is 20.0 Å². The van der Waals surface area contributed by atoms with Crippen LogP contribution in [0.3, 0.4) is 0 Å². The summed E-state index contributed by atoms with van der Waals surface area (Å²) in [5.41, 5.74) is 1.83. The fourth-order valence-corrected chi connectivity index (χ4v) is 7.70. The summed E-state index contributed by atoms with van der Waals surface area (Å²) >= 11 is 0. The maximum atomic E-state index is 14.0. The van der Waals surface area contributed by atoms with Gasteiger partial charge in [-0.1, -0.05) is 55.3 Å². The molecule has 0 aliphatic heterocycles. The van der Waals surface area contributed by atoms with Crippen molar-refractivity contribution >= 4 is 37.4 Å². The van der Waals surface area contributed by atoms with E-state index in [-0.39, 0.29) is 45.9 Å². The second-order valence-corrected chi connectivity index (χ2v) is 13.7. The number of rotatable bonds is 12. The highest BCUT2D eigenvalue weighted by Crippen LogP contribution is 2.37. The first-order valence-corrected chi connectivity index (χ1v) is 16.4. The maximum absolute atomic E-state index is 14.0. The van der Waals surface area contributed by atoms with Gasteiger partial charge in [0.2, 0.25) is 0 Å². The summed E-state index contributed by atoms with van der Waals surface area (Å²) in [4.78, 5) is 11.3. The lowest BCUT2D eigenvalue weighted by molar-refractivity contribution is -0.384. The Bertz CT molecular complexity index is 1680. The Kier molecular flexibility index (Phi) is 9.07. The Hall–Kier alpha value is -4.16. The minimum atomic E-state index is -4.10. The van der Waals surface area contributed by atoms with E-state index >= 15 is 0 Å². The lowest BCUT2D eigenvalue weighted by atomic mass is 10.2. The summed E-state index contributed by atoms with van der Waals surface area (Å²) in [7, 11) is -8.19. The molecule has 0 unspecified atom stereocenters. The normalized spacial score (nSPS) is 11.8. The van der Waals surface area contributed by atoms with E-state index in [2.05, 4.69) is 0 Å². The van der Waals surface area contributed by atoms with Crippen LogP contribution in [0.25, 0.3) is 5.69 Å². The molecule has 12 heteroatoms. The average molecular weight is 611 g/mol. The van der Waals surface area contributed by atoms with Crippen LogP contribution >= 0.6 is 0 Å². The minimum absolute atomic E-state index is 0.0765. The molecular weight excluding hydrogens is 576 g/mol. The third-order valence-electron chi connectivity index (χ3n) is 6.72. The van der Waals surface area contributed by atoms with Gasteiger partial charge in [-0.3, -0.25) is 23.3 Å². The zero-order valence-corrected chi connectivity index (χ0v) is 25.6. The fourth-order valence-electron chi connectivity index (χ4n) is 4.61. The van der Waals surface area contributed by atoms with Gasteiger partial charge in [0.1, 0.15) is 11.6 Å². The van der Waals surface area contributed by atoms with Gasteiger partial charge >= 0.3 is 0 Å². The maximum Gasteiger partial charge on any atom is 0.271 e. The Morgan fingerprint density at radius 3 is 1.50 bits per heavy atom. The fraction of sp³-hybridized carbons (Fsp3) is 0.267. The van der Waals surface area contributed by atoms with Crippen LogP contribution in [0.15, 0.2) is 94.7 Å². The molecule has 0 atom stereocenters. The number of nitrogens with zero attached hydrogens (tertiary/aromatic N) is 4. The number of hydrogen-bond donors (Lipinski definition) is 0. The van der Waals surface area contributed by atoms with Crippen molar-refractivity contribution in [1.82, 2.24) is 4.57 Å². The van der Waals surface area contributed by atoms with Crippen LogP contribution in [0.1, 0.15) is 37.8 Å². The molecule has 4 rings (SSSR count). The van der Waals surface area contributed by atoms with Crippen molar-refractivity contribution in [2.45, 2.75) is 50.3 Å². The van der Waals surface area contributed by atoms with Crippen LogP contribution < -0.4 is 8.61 Å². The van der Waals surface area contributed by atoms with E-state index in [1.54, 1.807) is 42.5 Å². The number of aryl methyl sites for hydroxylation is 2. The van der Waals surface area contributed by atoms with Gasteiger partial charge < -0.3 is 0 Å². The smallest absolute Gasteiger partial charge is 0.271 e. The summed E-state index contributed by atoms with van der Waals surface area (Å²) < 4.78 is 60.0. The molecule has 0 fully saturated rings. The van der Waals surface area contributed by atoms with Crippen molar-refractivity contribution in [2.75, 3.05) is 21.7 Å². The van der Waals surface area contributed by atoms with Crippen molar-refractivity contribution < 1.29 is 21.8 Å². The number of non-ortho nitro benzene ring substituents is 1. The number of benzene rings is 3. The summed E-state index contributed by atoms with van der Waals surface area (Å²) in [5, 5.41) is 11.7. The molecule has 3 aromatic carbocycles. The van der Waals surface area contributed by atoms with E-state index in [4.69, 9.17) is 0 Å². The highest BCUT2D eigenvalue weighted by atomic mass is 32.2. The predicted octanol–water partition coefficient (Wildman–Crippen LogP) is 6.21. The minimum Gasteiger partial charge on any atom is -0.281 e. The van der Waals surface area contributed by atoms with Gasteiger partial charge in [0.25, 0.3) is 25.7 Å². The lowest BCUT2D eigenvalue weighted by Crippen LogP contribution is -2.36. The molecule has 42 heavy (non-hydrogen) atoms. The summed E-state index contributed by atoms with van der Waals surface area (Å²) in [5.74, 6) is 0.321. The number of nitro benzene ring substituents is 1. The molecular formula is C30H34N4O6S2. The molecule has 10 nitrogen and oxygen atoms in total. The van der Waals surface area contributed by atoms with Crippen molar-refractivity contribution in [2.24, 2.45) is 0 Å². The van der Waals surface area contributed by atoms with Crippen LogP contribution in [0, 0.1) is 24.0 Å². The Morgan fingerprint density at radius 2 is 1.12 bits per heavy atom. The van der Waals surface area contributed by atoms with Crippen molar-refractivity contribution in [3.63, 3.8) is 0 Å². The number of hydrogen-bond acceptors (Lipinski definition) is 6. The van der Waals surface area contributed by atoms with Gasteiger partial charge in [0.05, 0.1) is 20.4 Å². The van der Waals surface area contributed by atoms with Gasteiger partial charge in [-0.05, 0) is 69.2 Å². The Morgan fingerprint density at radius 1 is 0.690 bits per heavy atom. The Balaban J connectivity index is 2.01. The Labute approximate surface area is 247 Å². The molecule has 222 valence electrons. The van der Waals surface area contributed by atoms with Gasteiger partial charge in [-0.25, -0.2) is 16.8 Å². The molecule has 0 amide bonds. The SMILES string of the molecule is CCCN(c1ccc(N(CCC)S(=O)(=O)c2ccc(C)cc2)n1-c1cccc([N+](=O)[O-])c1)S(=O)(=O)c1ccc(C)cc1. The molecule has 0 aliphatic carbocycles. The topological polar surface area (TPSA) is 123 Å². The number of aromatic nitrogens is 1. The summed E-state index contributed by atoms with van der Waals surface area (Å²) in [6, 6.07) is 21.7. The van der Waals surface area contributed by atoms with E-state index in [9.17, 15) is 26.9 Å². The average Bonchev–Trinajstić information content (AvgIpc) is 3.38. The second kappa shape index (κ2) is 12.4. The van der Waals surface area contributed by atoms with Gasteiger partial charge in [-0.2, -0.15) is 0 Å². The lowest BCUT2D eigenvalue weighted by Gasteiger charge is -2.29. The molecule has 0 saturated carbocycles. The molecule has 1 aromatic heterocycles. The summed E-state index contributed by atoms with van der Waals surface area (Å²) in [6.45, 7) is 7.57. The van der Waals surface area contributed by atoms with Gasteiger partial charge in [-0.15, -0.1) is 0 Å². The first-order chi connectivity index (χ1) is 19.9. The largest absolute Gasteiger partial charge is 0.281 e. The van der Waals surface area contributed by atoms with Gasteiger partial charge in [0, 0.05) is 25.2 Å². The first kappa shape index (κ1) is 30.8. The van der Waals surface area contributed by atoms with E-state index in [1.807, 2.05) is 27.7 Å². The third-order valence-corrected chi connectivity index (χ3v) is 10.4. The van der Waals surface area contributed by atoms with Crippen molar-refractivity contribution in [3.8, 4) is 5.69 Å². The highest BCUT2D eigenvalue weighted by molar-refractivity contribution is 7.93. The molecule has 0 radical (unpaired) electrons. The molecule has 1 heterocycles. The first-order valence-electron chi connectivity index (χ1n) is 13.6. The van der Waals surface area contributed by atoms with Crippen LogP contribution in [0.2, 0.25) is 0 Å². The van der Waals surface area contributed by atoms with E-state index in [0.29, 0.717) is 12.8 Å². The van der Waals surface area contributed by atoms with Crippen molar-refractivity contribution in [3.05, 3.63) is 106 Å². The molecule has 0 saturated heterocycles. The van der Waals surface area contributed by atoms with Crippen molar-refractivity contribution in [1.29, 1.82) is 0 Å². The van der Waals surface area contributed by atoms with E-state index < -0.39 is 25.0 Å². The highest BCUT2D eigenvalue weighted by Gasteiger charge is 2.33. The van der Waals surface area contributed by atoms with Crippen LogP contribution in [0.5, 0.6) is 0 Å². The number of sulfonamides is 2. The van der Waals surface area contributed by atoms with Crippen LogP contribution in [-0.4, -0.2) is 39.4 Å². The standard InChI is InChI=1S/C30H34N4O6S2/c1-5-20-31(41(37,38)27-14-10-23(3)11-15-27)29-18-19-30(33(29)25-8-7-9-26(22-25)34(35)36)32(21-6-2)42(39,40)28-16-12-24(4)13-17-28/h7-19,22H,5-6,20-21H2,1-4H3. The molecule has 0 spiro atoms. The summed E-state index contributed by atoms with van der Waals surface area (Å²) in [6.07, 6.45) is 0.918. The molecule has 0 N–H and O–H groups in total. The second-order valence-electron chi connectivity index (χ2n) is 9.94. The number of nitro groups is 1. The van der Waals surface area contributed by atoms with Gasteiger partial charge in [0.15, 0.2) is 0 Å². The molecule has 0 aliphatic rings. The van der Waals surface area contributed by atoms with Crippen LogP contribution in [0.4, 0.5) is 17.3 Å². The quantitative estimate of drug-likeness (QED) is 0.139. The monoisotopic (exact) mass is 610 g/mol. The third kappa shape index (κ3) is 6.04.